The van der Waals surface area contributed by atoms with Crippen LogP contribution in [0.25, 0.3) is 11.1 Å². The van der Waals surface area contributed by atoms with E-state index >= 15 is 0 Å². The first-order chi connectivity index (χ1) is 11.2. The average Bonchev–Trinajstić information content (AvgIpc) is 3.05. The summed E-state index contributed by atoms with van der Waals surface area (Å²) in [5.41, 5.74) is 3.24. The number of hydrogen-bond donors (Lipinski definition) is 2. The van der Waals surface area contributed by atoms with Crippen molar-refractivity contribution in [2.24, 2.45) is 0 Å². The van der Waals surface area contributed by atoms with Crippen molar-refractivity contribution in [1.29, 1.82) is 5.26 Å². The highest BCUT2D eigenvalue weighted by atomic mass is 16.5. The van der Waals surface area contributed by atoms with Crippen molar-refractivity contribution in [3.63, 3.8) is 0 Å². The van der Waals surface area contributed by atoms with Gasteiger partial charge in [-0.15, -0.1) is 0 Å². The molecule has 1 aromatic heterocycles. The molecule has 2 aromatic rings. The monoisotopic (exact) mass is 310 g/mol. The van der Waals surface area contributed by atoms with Crippen molar-refractivity contribution >= 4 is 11.8 Å². The van der Waals surface area contributed by atoms with Crippen LogP contribution >= 0.6 is 0 Å². The third-order valence-corrected chi connectivity index (χ3v) is 3.52. The van der Waals surface area contributed by atoms with Crippen LogP contribution in [-0.4, -0.2) is 23.9 Å². The minimum Gasteiger partial charge on any atom is -0.462 e. The maximum atomic E-state index is 12.7. The summed E-state index contributed by atoms with van der Waals surface area (Å²) < 4.78 is 6.20. The van der Waals surface area contributed by atoms with E-state index in [1.165, 1.54) is 4.68 Å². The van der Waals surface area contributed by atoms with Crippen LogP contribution in [0.15, 0.2) is 35.1 Å². The highest BCUT2D eigenvalue weighted by Crippen LogP contribution is 2.31. The molecule has 23 heavy (non-hydrogen) atoms. The first kappa shape index (κ1) is 14.7. The van der Waals surface area contributed by atoms with Gasteiger partial charge in [-0.05, 0) is 12.5 Å². The molecule has 116 valence electrons. The number of hydrogen-bond acceptors (Lipinski definition) is 6. The number of ether oxygens (including phenoxy) is 1. The van der Waals surface area contributed by atoms with Crippen LogP contribution < -0.4 is 16.3 Å². The van der Waals surface area contributed by atoms with E-state index < -0.39 is 11.5 Å². The van der Waals surface area contributed by atoms with E-state index in [4.69, 9.17) is 4.74 Å². The Hall–Kier alpha value is -3.27. The van der Waals surface area contributed by atoms with E-state index in [0.29, 0.717) is 23.6 Å². The first-order valence-corrected chi connectivity index (χ1v) is 7.12. The normalized spacial score (nSPS) is 11.8. The summed E-state index contributed by atoms with van der Waals surface area (Å²) >= 11 is 0. The molecule has 2 N–H and O–H groups in total. The van der Waals surface area contributed by atoms with Gasteiger partial charge in [0.1, 0.15) is 29.7 Å². The van der Waals surface area contributed by atoms with Crippen LogP contribution in [0, 0.1) is 11.3 Å². The maximum absolute atomic E-state index is 12.7. The zero-order valence-corrected chi connectivity index (χ0v) is 12.4. The van der Waals surface area contributed by atoms with Gasteiger partial charge in [0.15, 0.2) is 0 Å². The molecule has 0 saturated carbocycles. The molecule has 0 fully saturated rings. The van der Waals surface area contributed by atoms with Gasteiger partial charge in [-0.3, -0.25) is 4.79 Å². The summed E-state index contributed by atoms with van der Waals surface area (Å²) in [6, 6.07) is 11.0. The fourth-order valence-electron chi connectivity index (χ4n) is 2.59. The number of rotatable bonds is 3. The molecule has 1 aliphatic rings. The van der Waals surface area contributed by atoms with E-state index in [1.807, 2.05) is 6.07 Å². The molecule has 0 saturated heterocycles. The predicted octanol–water partition coefficient (Wildman–Crippen LogP) is 1.49. The lowest BCUT2D eigenvalue weighted by atomic mass is 9.96. The molecule has 0 bridgehead atoms. The highest BCUT2D eigenvalue weighted by Gasteiger charge is 2.29. The number of nitrogens with one attached hydrogen (secondary N) is 2. The van der Waals surface area contributed by atoms with Gasteiger partial charge >= 0.3 is 5.97 Å². The van der Waals surface area contributed by atoms with Gasteiger partial charge in [-0.25, -0.2) is 9.47 Å². The number of nitrogens with zero attached hydrogens (tertiary/aromatic N) is 2. The molecule has 0 aliphatic carbocycles. The molecule has 0 radical (unpaired) electrons. The summed E-state index contributed by atoms with van der Waals surface area (Å²) in [4.78, 5) is 25.0. The minimum absolute atomic E-state index is 0.141. The van der Waals surface area contributed by atoms with Gasteiger partial charge < -0.3 is 15.5 Å². The Morgan fingerprint density at radius 3 is 2.78 bits per heavy atom. The molecule has 1 aromatic carbocycles. The quantitative estimate of drug-likeness (QED) is 0.834. The van der Waals surface area contributed by atoms with Crippen LogP contribution in [0.4, 0.5) is 5.82 Å². The predicted molar refractivity (Wildman–Crippen MR) is 84.7 cm³/mol. The number of benzene rings is 1. The second kappa shape index (κ2) is 5.85. The number of anilines is 1. The van der Waals surface area contributed by atoms with E-state index in [1.54, 1.807) is 31.2 Å². The zero-order valence-electron chi connectivity index (χ0n) is 12.4. The van der Waals surface area contributed by atoms with Gasteiger partial charge in [-0.2, -0.15) is 5.26 Å². The number of pyridine rings is 1. The Balaban J connectivity index is 2.40. The van der Waals surface area contributed by atoms with Gasteiger partial charge in [0, 0.05) is 5.56 Å². The Morgan fingerprint density at radius 2 is 2.13 bits per heavy atom. The van der Waals surface area contributed by atoms with E-state index in [0.717, 1.165) is 0 Å². The summed E-state index contributed by atoms with van der Waals surface area (Å²) in [7, 11) is 0. The Morgan fingerprint density at radius 1 is 1.39 bits per heavy atom. The van der Waals surface area contributed by atoms with Gasteiger partial charge in [0.05, 0.1) is 6.61 Å². The molecule has 0 amide bonds. The van der Waals surface area contributed by atoms with Crippen molar-refractivity contribution in [3.05, 3.63) is 51.8 Å². The largest absolute Gasteiger partial charge is 0.462 e. The van der Waals surface area contributed by atoms with Crippen molar-refractivity contribution in [3.8, 4) is 17.2 Å². The van der Waals surface area contributed by atoms with Crippen LogP contribution in [0.3, 0.4) is 0 Å². The molecule has 0 unspecified atom stereocenters. The molecule has 2 heterocycles. The van der Waals surface area contributed by atoms with Crippen molar-refractivity contribution in [2.75, 3.05) is 24.0 Å². The number of carbonyl (C=O) groups excluding carboxylic acids is 1. The highest BCUT2D eigenvalue weighted by molar-refractivity contribution is 6.00. The van der Waals surface area contributed by atoms with Crippen molar-refractivity contribution in [2.45, 2.75) is 6.92 Å². The lowest BCUT2D eigenvalue weighted by Crippen LogP contribution is -2.31. The Labute approximate surface area is 132 Å². The number of esters is 1. The zero-order chi connectivity index (χ0) is 16.4. The van der Waals surface area contributed by atoms with Gasteiger partial charge in [0.2, 0.25) is 0 Å². The fourth-order valence-corrected chi connectivity index (χ4v) is 2.59. The Bertz CT molecular complexity index is 866. The van der Waals surface area contributed by atoms with Crippen LogP contribution in [0.2, 0.25) is 0 Å². The van der Waals surface area contributed by atoms with Gasteiger partial charge in [0.25, 0.3) is 5.56 Å². The fraction of sp³-hybridized carbons (Fsp3) is 0.188. The second-order valence-electron chi connectivity index (χ2n) is 4.82. The average molecular weight is 310 g/mol. The van der Waals surface area contributed by atoms with Crippen LogP contribution in [-0.2, 0) is 4.74 Å². The summed E-state index contributed by atoms with van der Waals surface area (Å²) in [6.07, 6.45) is 0. The maximum Gasteiger partial charge on any atom is 0.344 e. The summed E-state index contributed by atoms with van der Waals surface area (Å²) in [6.45, 7) is 2.10. The van der Waals surface area contributed by atoms with Crippen LogP contribution in [0.5, 0.6) is 0 Å². The lowest BCUT2D eigenvalue weighted by molar-refractivity contribution is 0.0524. The second-order valence-corrected chi connectivity index (χ2v) is 4.82. The molecule has 7 nitrogen and oxygen atoms in total. The smallest absolute Gasteiger partial charge is 0.344 e. The number of carbonyl (C=O) groups is 1. The molecule has 7 heteroatoms. The van der Waals surface area contributed by atoms with Gasteiger partial charge in [-0.1, -0.05) is 30.3 Å². The van der Waals surface area contributed by atoms with Crippen molar-refractivity contribution < 1.29 is 9.53 Å². The standard InChI is InChI=1S/C16H14N4O3/c1-2-23-16(22)13-12(10-6-4-3-5-7-10)11(8-17)14-18-9-19-20(14)15(13)21/h3-7,18-19H,2,9H2,1H3. The number of aromatic nitrogens is 1. The lowest BCUT2D eigenvalue weighted by Gasteiger charge is -2.14. The molecular weight excluding hydrogens is 296 g/mol. The molecular formula is C16H14N4O3. The van der Waals surface area contributed by atoms with E-state index in [2.05, 4.69) is 16.8 Å². The SMILES string of the molecule is CCOC(=O)c1c(-c2ccccc2)c(C#N)c2n(c1=O)NCN2. The minimum atomic E-state index is -0.739. The molecule has 1 aliphatic heterocycles. The molecule has 0 spiro atoms. The van der Waals surface area contributed by atoms with Crippen molar-refractivity contribution in [1.82, 2.24) is 4.68 Å². The third kappa shape index (κ3) is 2.30. The number of nitriles is 1. The van der Waals surface area contributed by atoms with Crippen LogP contribution in [0.1, 0.15) is 22.8 Å². The van der Waals surface area contributed by atoms with E-state index in [9.17, 15) is 14.9 Å². The summed E-state index contributed by atoms with van der Waals surface area (Å²) in [5.74, 6) is -0.388. The molecule has 3 rings (SSSR count). The molecule has 0 atom stereocenters. The topological polar surface area (TPSA) is 96.2 Å². The third-order valence-electron chi connectivity index (χ3n) is 3.52. The first-order valence-electron chi connectivity index (χ1n) is 7.12. The number of fused-ring (bicyclic) bond motifs is 1. The van der Waals surface area contributed by atoms with E-state index in [-0.39, 0.29) is 17.7 Å². The Kier molecular flexibility index (Phi) is 3.73. The summed E-state index contributed by atoms with van der Waals surface area (Å²) in [5, 5.41) is 12.5.